The van der Waals surface area contributed by atoms with Crippen LogP contribution in [-0.2, 0) is 0 Å². The molecule has 0 saturated heterocycles. The summed E-state index contributed by atoms with van der Waals surface area (Å²) >= 11 is 0. The average Bonchev–Trinajstić information content (AvgIpc) is 3.07. The Labute approximate surface area is 116 Å². The standard InChI is InChI=1S/C12H14O.C6H10/c13-12-8-6-11(7-9-12)10-4-2-1-3-5-10;1-2-5-4-6(5)3-1/h2,4,6-10,13H,1,3,5H2;5-6H,1-4H2. The molecule has 3 aliphatic rings. The van der Waals surface area contributed by atoms with Crippen molar-refractivity contribution in [3.8, 4) is 5.75 Å². The second-order valence-electron chi connectivity index (χ2n) is 6.24. The van der Waals surface area contributed by atoms with Crippen LogP contribution in [0.4, 0.5) is 0 Å². The van der Waals surface area contributed by atoms with Gasteiger partial charge in [-0.1, -0.05) is 43.5 Å². The summed E-state index contributed by atoms with van der Waals surface area (Å²) in [5.74, 6) is 3.34. The van der Waals surface area contributed by atoms with E-state index in [1.165, 1.54) is 43.1 Å². The smallest absolute Gasteiger partial charge is 0.115 e. The molecule has 0 bridgehead atoms. The molecule has 1 nitrogen and oxygen atoms in total. The number of allylic oxidation sites excluding steroid dienone is 2. The van der Waals surface area contributed by atoms with Crippen molar-refractivity contribution in [3.63, 3.8) is 0 Å². The maximum Gasteiger partial charge on any atom is 0.115 e. The van der Waals surface area contributed by atoms with E-state index in [0.29, 0.717) is 11.7 Å². The summed E-state index contributed by atoms with van der Waals surface area (Å²) in [5.41, 5.74) is 1.31. The van der Waals surface area contributed by atoms with Gasteiger partial charge in [0.15, 0.2) is 0 Å². The minimum Gasteiger partial charge on any atom is -0.508 e. The predicted molar refractivity (Wildman–Crippen MR) is 79.3 cm³/mol. The SMILES string of the molecule is C1CC2CC2C1.Oc1ccc(C2C=CCCC2)cc1. The van der Waals surface area contributed by atoms with Crippen LogP contribution in [0.5, 0.6) is 5.75 Å². The Hall–Kier alpha value is -1.24. The maximum absolute atomic E-state index is 9.14. The third-order valence-corrected chi connectivity index (χ3v) is 4.79. The Morgan fingerprint density at radius 3 is 2.11 bits per heavy atom. The third-order valence-electron chi connectivity index (χ3n) is 4.79. The molecule has 0 spiro atoms. The van der Waals surface area contributed by atoms with E-state index in [1.54, 1.807) is 31.4 Å². The lowest BCUT2D eigenvalue weighted by Crippen LogP contribution is -1.98. The van der Waals surface area contributed by atoms with Gasteiger partial charge in [-0.2, -0.15) is 0 Å². The van der Waals surface area contributed by atoms with Gasteiger partial charge in [0.05, 0.1) is 0 Å². The maximum atomic E-state index is 9.14. The van der Waals surface area contributed by atoms with Crippen LogP contribution in [0.15, 0.2) is 36.4 Å². The molecule has 3 unspecified atom stereocenters. The van der Waals surface area contributed by atoms with Gasteiger partial charge in [-0.25, -0.2) is 0 Å². The first-order valence-electron chi connectivity index (χ1n) is 7.78. The summed E-state index contributed by atoms with van der Waals surface area (Å²) < 4.78 is 0. The fourth-order valence-electron chi connectivity index (χ4n) is 3.47. The molecule has 3 aliphatic carbocycles. The van der Waals surface area contributed by atoms with Crippen molar-refractivity contribution in [1.82, 2.24) is 0 Å². The number of benzene rings is 1. The van der Waals surface area contributed by atoms with E-state index in [2.05, 4.69) is 12.2 Å². The zero-order chi connectivity index (χ0) is 13.1. The van der Waals surface area contributed by atoms with Gasteiger partial charge in [0.25, 0.3) is 0 Å². The molecular formula is C18H24O. The number of aromatic hydroxyl groups is 1. The van der Waals surface area contributed by atoms with E-state index in [1.807, 2.05) is 12.1 Å². The first-order valence-corrected chi connectivity index (χ1v) is 7.78. The minimum atomic E-state index is 0.350. The Morgan fingerprint density at radius 2 is 1.63 bits per heavy atom. The first-order chi connectivity index (χ1) is 9.33. The Bertz CT molecular complexity index is 424. The van der Waals surface area contributed by atoms with Gasteiger partial charge in [0.1, 0.15) is 5.75 Å². The van der Waals surface area contributed by atoms with E-state index in [4.69, 9.17) is 5.11 Å². The molecule has 19 heavy (non-hydrogen) atoms. The summed E-state index contributed by atoms with van der Waals surface area (Å²) in [6.07, 6.45) is 14.5. The normalized spacial score (nSPS) is 31.3. The highest BCUT2D eigenvalue weighted by Crippen LogP contribution is 2.51. The monoisotopic (exact) mass is 256 g/mol. The number of hydrogen-bond acceptors (Lipinski definition) is 1. The molecule has 0 heterocycles. The molecule has 0 radical (unpaired) electrons. The highest BCUT2D eigenvalue weighted by molar-refractivity contribution is 5.30. The predicted octanol–water partition coefficient (Wildman–Crippen LogP) is 5.02. The Morgan fingerprint density at radius 1 is 0.895 bits per heavy atom. The zero-order valence-corrected chi connectivity index (χ0v) is 11.6. The number of phenolic OH excluding ortho intramolecular Hbond substituents is 1. The molecule has 0 aliphatic heterocycles. The minimum absolute atomic E-state index is 0.350. The van der Waals surface area contributed by atoms with Crippen molar-refractivity contribution in [2.24, 2.45) is 11.8 Å². The topological polar surface area (TPSA) is 20.2 Å². The summed E-state index contributed by atoms with van der Waals surface area (Å²) in [4.78, 5) is 0. The molecule has 1 aromatic carbocycles. The largest absolute Gasteiger partial charge is 0.508 e. The summed E-state index contributed by atoms with van der Waals surface area (Å²) in [6, 6.07) is 7.54. The molecule has 0 amide bonds. The van der Waals surface area contributed by atoms with Gasteiger partial charge < -0.3 is 5.11 Å². The van der Waals surface area contributed by atoms with Gasteiger partial charge in [0, 0.05) is 5.92 Å². The lowest BCUT2D eigenvalue weighted by molar-refractivity contribution is 0.475. The van der Waals surface area contributed by atoms with Gasteiger partial charge in [-0.3, -0.25) is 0 Å². The molecule has 1 heteroatoms. The lowest BCUT2D eigenvalue weighted by Gasteiger charge is -2.16. The van der Waals surface area contributed by atoms with E-state index in [9.17, 15) is 0 Å². The van der Waals surface area contributed by atoms with Crippen LogP contribution in [0, 0.1) is 11.8 Å². The van der Waals surface area contributed by atoms with E-state index in [0.717, 1.165) is 0 Å². The van der Waals surface area contributed by atoms with Gasteiger partial charge in [-0.15, -0.1) is 0 Å². The van der Waals surface area contributed by atoms with Crippen molar-refractivity contribution < 1.29 is 5.11 Å². The van der Waals surface area contributed by atoms with Gasteiger partial charge in [0.2, 0.25) is 0 Å². The highest BCUT2D eigenvalue weighted by atomic mass is 16.3. The van der Waals surface area contributed by atoms with Crippen molar-refractivity contribution in [2.75, 3.05) is 0 Å². The third kappa shape index (κ3) is 3.40. The summed E-state index contributed by atoms with van der Waals surface area (Å²) in [7, 11) is 0. The summed E-state index contributed by atoms with van der Waals surface area (Å²) in [6.45, 7) is 0. The number of rotatable bonds is 1. The highest BCUT2D eigenvalue weighted by Gasteiger charge is 2.40. The molecule has 1 aromatic rings. The Kier molecular flexibility index (Phi) is 3.91. The molecule has 1 N–H and O–H groups in total. The molecule has 2 saturated carbocycles. The average molecular weight is 256 g/mol. The molecule has 0 aromatic heterocycles. The second kappa shape index (κ2) is 5.81. The van der Waals surface area contributed by atoms with Crippen LogP contribution < -0.4 is 0 Å². The van der Waals surface area contributed by atoms with Crippen LogP contribution in [0.3, 0.4) is 0 Å². The van der Waals surface area contributed by atoms with Crippen molar-refractivity contribution in [2.45, 2.75) is 50.9 Å². The number of fused-ring (bicyclic) bond motifs is 1. The lowest BCUT2D eigenvalue weighted by atomic mass is 9.89. The van der Waals surface area contributed by atoms with E-state index >= 15 is 0 Å². The molecule has 3 atom stereocenters. The quantitative estimate of drug-likeness (QED) is 0.699. The fourth-order valence-corrected chi connectivity index (χ4v) is 3.47. The molecule has 102 valence electrons. The fraction of sp³-hybridized carbons (Fsp3) is 0.556. The van der Waals surface area contributed by atoms with E-state index < -0.39 is 0 Å². The molecule has 2 fully saturated rings. The Balaban J connectivity index is 0.000000151. The van der Waals surface area contributed by atoms with Crippen molar-refractivity contribution in [3.05, 3.63) is 42.0 Å². The number of phenols is 1. The van der Waals surface area contributed by atoms with Crippen LogP contribution >= 0.6 is 0 Å². The van der Waals surface area contributed by atoms with Crippen LogP contribution in [0.1, 0.15) is 56.4 Å². The number of hydrogen-bond donors (Lipinski definition) is 1. The van der Waals surface area contributed by atoms with Crippen molar-refractivity contribution in [1.29, 1.82) is 0 Å². The van der Waals surface area contributed by atoms with Crippen LogP contribution in [0.25, 0.3) is 0 Å². The molecule has 4 rings (SSSR count). The summed E-state index contributed by atoms with van der Waals surface area (Å²) in [5, 5.41) is 9.14. The van der Waals surface area contributed by atoms with Crippen molar-refractivity contribution >= 4 is 0 Å². The van der Waals surface area contributed by atoms with Gasteiger partial charge >= 0.3 is 0 Å². The zero-order valence-electron chi connectivity index (χ0n) is 11.6. The van der Waals surface area contributed by atoms with Gasteiger partial charge in [-0.05, 0) is 55.2 Å². The molecular weight excluding hydrogens is 232 g/mol. The second-order valence-corrected chi connectivity index (χ2v) is 6.24. The van der Waals surface area contributed by atoms with Crippen LogP contribution in [0.2, 0.25) is 0 Å². The van der Waals surface area contributed by atoms with Crippen LogP contribution in [-0.4, -0.2) is 5.11 Å². The van der Waals surface area contributed by atoms with E-state index in [-0.39, 0.29) is 0 Å². The first kappa shape index (κ1) is 12.8.